The number of rotatable bonds is 2. The zero-order valence-corrected chi connectivity index (χ0v) is 15.7. The number of halogens is 1. The molecule has 0 radical (unpaired) electrons. The summed E-state index contributed by atoms with van der Waals surface area (Å²) in [6, 6.07) is 2.99. The van der Waals surface area contributed by atoms with E-state index < -0.39 is 0 Å². The number of hydrogen-bond acceptors (Lipinski definition) is 5. The second-order valence-electron chi connectivity index (χ2n) is 7.42. The molecule has 0 saturated carbocycles. The molecule has 5 rings (SSSR count). The van der Waals surface area contributed by atoms with E-state index in [1.807, 2.05) is 6.92 Å². The van der Waals surface area contributed by atoms with Crippen molar-refractivity contribution in [1.29, 1.82) is 0 Å². The third-order valence-corrected chi connectivity index (χ3v) is 5.65. The van der Waals surface area contributed by atoms with E-state index in [2.05, 4.69) is 5.10 Å². The van der Waals surface area contributed by atoms with Crippen LogP contribution in [0.3, 0.4) is 0 Å². The van der Waals surface area contributed by atoms with Gasteiger partial charge in [-0.2, -0.15) is 5.10 Å². The van der Waals surface area contributed by atoms with Crippen LogP contribution < -0.4 is 5.73 Å². The van der Waals surface area contributed by atoms with Crippen molar-refractivity contribution in [1.82, 2.24) is 19.7 Å². The Balaban J connectivity index is 1.73. The highest BCUT2D eigenvalue weighted by Gasteiger charge is 2.38. The molecule has 8 heteroatoms. The molecule has 2 N–H and O–H groups in total. The molecule has 2 aromatic heterocycles. The van der Waals surface area contributed by atoms with Gasteiger partial charge < -0.3 is 15.4 Å². The maximum Gasteiger partial charge on any atom is 0.258 e. The van der Waals surface area contributed by atoms with Gasteiger partial charge in [0.05, 0.1) is 47.3 Å². The lowest BCUT2D eigenvalue weighted by atomic mass is 9.99. The molecule has 0 unspecified atom stereocenters. The summed E-state index contributed by atoms with van der Waals surface area (Å²) >= 11 is 0. The summed E-state index contributed by atoms with van der Waals surface area (Å²) < 4.78 is 21.9. The van der Waals surface area contributed by atoms with Crippen LogP contribution in [0.4, 0.5) is 10.1 Å². The van der Waals surface area contributed by atoms with Crippen molar-refractivity contribution in [2.75, 3.05) is 18.9 Å². The summed E-state index contributed by atoms with van der Waals surface area (Å²) in [5.74, 6) is -0.512. The van der Waals surface area contributed by atoms with E-state index in [-0.39, 0.29) is 17.8 Å². The maximum atomic E-state index is 14.9. The van der Waals surface area contributed by atoms with Crippen molar-refractivity contribution in [2.24, 2.45) is 7.05 Å². The third kappa shape index (κ3) is 2.34. The fraction of sp³-hybridized carbons (Fsp3) is 0.350. The summed E-state index contributed by atoms with van der Waals surface area (Å²) in [5.41, 5.74) is 9.98. The van der Waals surface area contributed by atoms with E-state index >= 15 is 0 Å². The number of nitrogens with zero attached hydrogens (tertiary/aromatic N) is 4. The third-order valence-electron chi connectivity index (χ3n) is 5.65. The fourth-order valence-electron chi connectivity index (χ4n) is 4.27. The van der Waals surface area contributed by atoms with E-state index in [1.54, 1.807) is 28.9 Å². The minimum absolute atomic E-state index is 0.0287. The second kappa shape index (κ2) is 6.00. The molecule has 0 spiro atoms. The van der Waals surface area contributed by atoms with Crippen molar-refractivity contribution < 1.29 is 13.9 Å². The van der Waals surface area contributed by atoms with Crippen LogP contribution in [0.25, 0.3) is 22.0 Å². The second-order valence-corrected chi connectivity index (χ2v) is 7.42. The number of nitrogen functional groups attached to an aromatic ring is 1. The summed E-state index contributed by atoms with van der Waals surface area (Å²) in [6.07, 6.45) is 2.57. The monoisotopic (exact) mass is 381 g/mol. The zero-order chi connectivity index (χ0) is 19.6. The van der Waals surface area contributed by atoms with Gasteiger partial charge in [0.2, 0.25) is 0 Å². The van der Waals surface area contributed by atoms with Crippen LogP contribution in [0.15, 0.2) is 18.3 Å². The Bertz CT molecular complexity index is 1130. The van der Waals surface area contributed by atoms with Crippen LogP contribution in [0, 0.1) is 12.7 Å². The summed E-state index contributed by atoms with van der Waals surface area (Å²) in [5, 5.41) is 4.90. The number of amides is 1. The molecule has 144 valence electrons. The lowest BCUT2D eigenvalue weighted by molar-refractivity contribution is 0.0679. The number of benzene rings is 1. The number of hydrogen-bond donors (Lipinski definition) is 1. The van der Waals surface area contributed by atoms with Crippen LogP contribution in [-0.2, 0) is 18.3 Å². The lowest BCUT2D eigenvalue weighted by Gasteiger charge is -2.21. The number of anilines is 1. The van der Waals surface area contributed by atoms with Gasteiger partial charge in [0.25, 0.3) is 5.91 Å². The Morgan fingerprint density at radius 3 is 2.82 bits per heavy atom. The molecule has 2 aliphatic rings. The first-order valence-electron chi connectivity index (χ1n) is 9.25. The van der Waals surface area contributed by atoms with E-state index in [1.165, 1.54) is 6.07 Å². The molecule has 3 aromatic rings. The lowest BCUT2D eigenvalue weighted by Crippen LogP contribution is -2.35. The molecule has 1 aromatic carbocycles. The van der Waals surface area contributed by atoms with Gasteiger partial charge >= 0.3 is 0 Å². The van der Waals surface area contributed by atoms with Gasteiger partial charge in [-0.1, -0.05) is 0 Å². The van der Waals surface area contributed by atoms with Crippen LogP contribution in [-0.4, -0.2) is 44.8 Å². The smallest absolute Gasteiger partial charge is 0.258 e. The predicted molar refractivity (Wildman–Crippen MR) is 102 cm³/mol. The average molecular weight is 381 g/mol. The van der Waals surface area contributed by atoms with Crippen LogP contribution >= 0.6 is 0 Å². The number of carbonyl (C=O) groups is 1. The molecule has 0 aliphatic carbocycles. The number of fused-ring (bicyclic) bond motifs is 2. The molecular weight excluding hydrogens is 361 g/mol. The SMILES string of the molecule is Cc1nn(C)cc1-c1c(F)ccc2c(N)c3c(nc12)CN([C@@H]1CCOC1)C3=O. The van der Waals surface area contributed by atoms with Crippen molar-refractivity contribution in [3.05, 3.63) is 41.1 Å². The highest BCUT2D eigenvalue weighted by Crippen LogP contribution is 2.39. The molecule has 0 bridgehead atoms. The first kappa shape index (κ1) is 17.1. The minimum Gasteiger partial charge on any atom is -0.397 e. The Morgan fingerprint density at radius 2 is 2.14 bits per heavy atom. The van der Waals surface area contributed by atoms with Gasteiger partial charge in [-0.15, -0.1) is 0 Å². The number of aryl methyl sites for hydroxylation is 2. The van der Waals surface area contributed by atoms with Gasteiger partial charge in [0.15, 0.2) is 0 Å². The summed E-state index contributed by atoms with van der Waals surface area (Å²) in [7, 11) is 1.79. The zero-order valence-electron chi connectivity index (χ0n) is 15.7. The molecular formula is C20H20FN5O2. The molecule has 1 amide bonds. The molecule has 28 heavy (non-hydrogen) atoms. The predicted octanol–water partition coefficient (Wildman–Crippen LogP) is 2.41. The average Bonchev–Trinajstić information content (AvgIpc) is 3.35. The molecule has 7 nitrogen and oxygen atoms in total. The Morgan fingerprint density at radius 1 is 1.32 bits per heavy atom. The van der Waals surface area contributed by atoms with Gasteiger partial charge in [-0.05, 0) is 25.5 Å². The highest BCUT2D eigenvalue weighted by molar-refractivity contribution is 6.11. The maximum absolute atomic E-state index is 14.9. The summed E-state index contributed by atoms with van der Waals surface area (Å²) in [6.45, 7) is 3.36. The summed E-state index contributed by atoms with van der Waals surface area (Å²) in [4.78, 5) is 19.5. The molecule has 2 aliphatic heterocycles. The number of aromatic nitrogens is 3. The first-order valence-corrected chi connectivity index (χ1v) is 9.25. The molecule has 4 heterocycles. The van der Waals surface area contributed by atoms with E-state index in [0.717, 1.165) is 6.42 Å². The minimum atomic E-state index is -0.388. The normalized spacial score (nSPS) is 19.0. The number of carbonyl (C=O) groups excluding carboxylic acids is 1. The molecule has 1 saturated heterocycles. The number of pyridine rings is 1. The van der Waals surface area contributed by atoms with Gasteiger partial charge in [0.1, 0.15) is 5.82 Å². The van der Waals surface area contributed by atoms with Crippen LogP contribution in [0.2, 0.25) is 0 Å². The topological polar surface area (TPSA) is 86.3 Å². The molecule has 1 fully saturated rings. The van der Waals surface area contributed by atoms with Crippen molar-refractivity contribution in [3.8, 4) is 11.1 Å². The van der Waals surface area contributed by atoms with Crippen LogP contribution in [0.1, 0.15) is 28.2 Å². The Hall–Kier alpha value is -3.00. The van der Waals surface area contributed by atoms with Gasteiger partial charge in [-0.3, -0.25) is 9.48 Å². The van der Waals surface area contributed by atoms with E-state index in [0.29, 0.717) is 64.4 Å². The van der Waals surface area contributed by atoms with Crippen molar-refractivity contribution in [3.63, 3.8) is 0 Å². The van der Waals surface area contributed by atoms with Crippen LogP contribution in [0.5, 0.6) is 0 Å². The molecule has 1 atom stereocenters. The quantitative estimate of drug-likeness (QED) is 0.737. The van der Waals surface area contributed by atoms with E-state index in [9.17, 15) is 9.18 Å². The Labute approximate surface area is 160 Å². The highest BCUT2D eigenvalue weighted by atomic mass is 19.1. The van der Waals surface area contributed by atoms with Crippen molar-refractivity contribution in [2.45, 2.75) is 25.9 Å². The number of ether oxygens (including phenoxy) is 1. The first-order chi connectivity index (χ1) is 13.5. The standard InChI is InChI=1S/C20H20FN5O2/c1-10-13(7-25(2)24-10)16-14(21)4-3-12-18(22)17-15(23-19(12)16)8-26(20(17)27)11-5-6-28-9-11/h3-4,7,11H,5-6,8-9H2,1-2H3,(H2,22,23)/t11-/m1/s1. The largest absolute Gasteiger partial charge is 0.397 e. The van der Waals surface area contributed by atoms with Gasteiger partial charge in [-0.25, -0.2) is 9.37 Å². The Kier molecular flexibility index (Phi) is 3.67. The fourth-order valence-corrected chi connectivity index (χ4v) is 4.27. The van der Waals surface area contributed by atoms with Gasteiger partial charge in [0, 0.05) is 36.4 Å². The van der Waals surface area contributed by atoms with E-state index in [4.69, 9.17) is 15.5 Å². The number of nitrogens with two attached hydrogens (primary N) is 1. The van der Waals surface area contributed by atoms with Crippen molar-refractivity contribution >= 4 is 22.5 Å².